The maximum atomic E-state index is 14.2. The highest BCUT2D eigenvalue weighted by Crippen LogP contribution is 2.50. The molecule has 0 saturated carbocycles. The Labute approximate surface area is 280 Å². The van der Waals surface area contributed by atoms with E-state index in [4.69, 9.17) is 33.7 Å². The maximum absolute atomic E-state index is 14.2. The van der Waals surface area contributed by atoms with Crippen LogP contribution in [0, 0.1) is 16.7 Å². The first-order chi connectivity index (χ1) is 23.0. The van der Waals surface area contributed by atoms with Gasteiger partial charge in [-0.15, -0.1) is 0 Å². The van der Waals surface area contributed by atoms with Crippen molar-refractivity contribution >= 4 is 47.8 Å². The minimum atomic E-state index is -4.44. The highest BCUT2D eigenvalue weighted by molar-refractivity contribution is 7.52. The minimum absolute atomic E-state index is 0.0612. The fraction of sp³-hybridized carbons (Fsp3) is 0.467. The number of nitrogen functional groups attached to an aromatic ring is 1. The molecule has 0 bridgehead atoms. The van der Waals surface area contributed by atoms with Gasteiger partial charge in [0.1, 0.15) is 35.0 Å². The van der Waals surface area contributed by atoms with E-state index < -0.39 is 61.9 Å². The zero-order chi connectivity index (χ0) is 35.9. The number of fused-ring (bicyclic) bond motifs is 2. The molecule has 1 aliphatic heterocycles. The molecule has 4 aromatic rings. The van der Waals surface area contributed by atoms with E-state index in [1.54, 1.807) is 32.9 Å². The van der Waals surface area contributed by atoms with E-state index in [0.717, 1.165) is 7.11 Å². The second-order valence-electron chi connectivity index (χ2n) is 12.4. The molecule has 4 N–H and O–H groups in total. The van der Waals surface area contributed by atoms with Crippen LogP contribution in [-0.2, 0) is 28.1 Å². The van der Waals surface area contributed by atoms with Crippen LogP contribution in [0.1, 0.15) is 40.8 Å². The molecule has 1 saturated heterocycles. The number of nitrogens with two attached hydrogens (primary N) is 1. The number of anilines is 1. The average Bonchev–Trinajstić information content (AvgIpc) is 3.72. The summed E-state index contributed by atoms with van der Waals surface area (Å²) in [6, 6.07) is 7.13. The van der Waals surface area contributed by atoms with Gasteiger partial charge in [0, 0.05) is 11.6 Å². The quantitative estimate of drug-likeness (QED) is 0.159. The molecule has 0 radical (unpaired) electrons. The van der Waals surface area contributed by atoms with Crippen LogP contribution in [0.15, 0.2) is 36.8 Å². The highest BCUT2D eigenvalue weighted by Gasteiger charge is 2.56. The third-order valence-electron chi connectivity index (χ3n) is 7.67. The first-order valence-corrected chi connectivity index (χ1v) is 16.5. The number of nitrogens with zero attached hydrogens (tertiary/aromatic N) is 6. The molecule has 18 nitrogen and oxygen atoms in total. The van der Waals surface area contributed by atoms with Crippen LogP contribution in [0.4, 0.5) is 10.7 Å². The molecule has 0 aliphatic carbocycles. The molecule has 5 rings (SSSR count). The third-order valence-corrected chi connectivity index (χ3v) is 9.31. The lowest BCUT2D eigenvalue weighted by Gasteiger charge is -2.26. The van der Waals surface area contributed by atoms with Gasteiger partial charge in [0.05, 0.1) is 38.7 Å². The Kier molecular flexibility index (Phi) is 9.61. The van der Waals surface area contributed by atoms with Crippen molar-refractivity contribution in [2.45, 2.75) is 64.7 Å². The lowest BCUT2D eigenvalue weighted by molar-refractivity contribution is -0.142. The van der Waals surface area contributed by atoms with Crippen LogP contribution in [0.5, 0.6) is 11.6 Å². The number of ether oxygens (including phenoxy) is 4. The Morgan fingerprint density at radius 1 is 1.27 bits per heavy atom. The van der Waals surface area contributed by atoms with E-state index in [-0.39, 0.29) is 28.7 Å². The van der Waals surface area contributed by atoms with Gasteiger partial charge in [0.15, 0.2) is 17.4 Å². The summed E-state index contributed by atoms with van der Waals surface area (Å²) in [7, 11) is -1.90. The summed E-state index contributed by atoms with van der Waals surface area (Å²) in [6.07, 6.45) is -1.59. The molecular weight excluding hydrogens is 663 g/mol. The number of aliphatic hydroxyl groups excluding tert-OH is 1. The summed E-state index contributed by atoms with van der Waals surface area (Å²) >= 11 is 0. The number of nitriles is 1. The van der Waals surface area contributed by atoms with Crippen molar-refractivity contribution in [3.05, 3.63) is 36.8 Å². The molecule has 1 unspecified atom stereocenters. The molecule has 0 spiro atoms. The van der Waals surface area contributed by atoms with E-state index in [0.29, 0.717) is 10.9 Å². The van der Waals surface area contributed by atoms with Crippen LogP contribution in [0.3, 0.4) is 0 Å². The molecule has 4 heterocycles. The van der Waals surface area contributed by atoms with E-state index in [1.807, 2.05) is 0 Å². The summed E-state index contributed by atoms with van der Waals surface area (Å²) in [6.45, 7) is 7.56. The van der Waals surface area contributed by atoms with Crippen molar-refractivity contribution in [3.8, 4) is 17.7 Å². The van der Waals surface area contributed by atoms with Crippen molar-refractivity contribution in [2.75, 3.05) is 26.6 Å². The Balaban J connectivity index is 1.41. The lowest BCUT2D eigenvalue weighted by Crippen LogP contribution is -2.38. The summed E-state index contributed by atoms with van der Waals surface area (Å²) < 4.78 is 50.1. The van der Waals surface area contributed by atoms with E-state index in [9.17, 15) is 24.5 Å². The number of rotatable bonds is 10. The fourth-order valence-corrected chi connectivity index (χ4v) is 6.75. The van der Waals surface area contributed by atoms with Crippen LogP contribution in [-0.4, -0.2) is 85.9 Å². The van der Waals surface area contributed by atoms with Gasteiger partial charge in [-0.3, -0.25) is 18.5 Å². The van der Waals surface area contributed by atoms with Gasteiger partial charge < -0.3 is 34.3 Å². The molecule has 6 atom stereocenters. The lowest BCUT2D eigenvalue weighted by atomic mass is 9.84. The predicted molar refractivity (Wildman–Crippen MR) is 172 cm³/mol. The molecule has 0 amide bonds. The molecule has 262 valence electrons. The average molecular weight is 701 g/mol. The number of carbonyl (C=O) groups excluding carboxylic acids is 2. The van der Waals surface area contributed by atoms with Gasteiger partial charge in [-0.2, -0.15) is 20.3 Å². The number of nitrogens with one attached hydrogen (secondary N) is 1. The standard InChI is InChI=1S/C30H37N8O10P/c1-16(25(40)44-7)36-49(42,48-18-8-9-19-17(12-18)10-11-37(19)28(41)47-29(2,3)4)45-13-20-22(39)30(5,14-31)26(46-20)38-15-33-21-23(38)34-27(32)35-24(21)43-6/h8-12,15-16,20,22,26,39H,13H2,1-7H3,(H,36,42)(H2,32,34,35)/t16-,20+,22+,26+,30+,49?/m0/s1. The van der Waals surface area contributed by atoms with Crippen LogP contribution in [0.2, 0.25) is 0 Å². The van der Waals surface area contributed by atoms with Gasteiger partial charge >= 0.3 is 19.8 Å². The molecule has 3 aromatic heterocycles. The Hall–Kier alpha value is -4.79. The third kappa shape index (κ3) is 7.02. The van der Waals surface area contributed by atoms with Gasteiger partial charge in [-0.05, 0) is 58.9 Å². The van der Waals surface area contributed by atoms with Gasteiger partial charge in [0.25, 0.3) is 0 Å². The largest absolute Gasteiger partial charge is 0.479 e. The Bertz CT molecular complexity index is 1980. The second-order valence-corrected chi connectivity index (χ2v) is 14.1. The van der Waals surface area contributed by atoms with Crippen molar-refractivity contribution in [1.29, 1.82) is 5.26 Å². The van der Waals surface area contributed by atoms with Crippen LogP contribution >= 0.6 is 7.75 Å². The molecular formula is C30H37N8O10P. The van der Waals surface area contributed by atoms with Crippen molar-refractivity contribution < 1.29 is 47.3 Å². The summed E-state index contributed by atoms with van der Waals surface area (Å²) in [5, 5.41) is 24.6. The number of carbonyl (C=O) groups is 2. The maximum Gasteiger partial charge on any atom is 0.459 e. The first-order valence-electron chi connectivity index (χ1n) is 15.0. The number of aromatic nitrogens is 5. The molecule has 49 heavy (non-hydrogen) atoms. The van der Waals surface area contributed by atoms with E-state index in [2.05, 4.69) is 26.1 Å². The molecule has 1 fully saturated rings. The zero-order valence-electron chi connectivity index (χ0n) is 27.8. The zero-order valence-corrected chi connectivity index (χ0v) is 28.7. The Morgan fingerprint density at radius 3 is 2.65 bits per heavy atom. The smallest absolute Gasteiger partial charge is 0.459 e. The fourth-order valence-electron chi connectivity index (χ4n) is 5.26. The van der Waals surface area contributed by atoms with E-state index in [1.165, 1.54) is 54.7 Å². The van der Waals surface area contributed by atoms with Gasteiger partial charge in [-0.1, -0.05) is 0 Å². The van der Waals surface area contributed by atoms with Crippen molar-refractivity contribution in [1.82, 2.24) is 29.2 Å². The van der Waals surface area contributed by atoms with Crippen molar-refractivity contribution in [2.24, 2.45) is 5.41 Å². The van der Waals surface area contributed by atoms with Crippen LogP contribution < -0.4 is 20.1 Å². The number of hydrogen-bond donors (Lipinski definition) is 3. The number of aliphatic hydroxyl groups is 1. The van der Waals surface area contributed by atoms with Gasteiger partial charge in [-0.25, -0.2) is 14.3 Å². The van der Waals surface area contributed by atoms with E-state index >= 15 is 0 Å². The number of methoxy groups -OCH3 is 2. The minimum Gasteiger partial charge on any atom is -0.479 e. The molecule has 19 heteroatoms. The number of imidazole rings is 1. The summed E-state index contributed by atoms with van der Waals surface area (Å²) in [5.41, 5.74) is 4.47. The Morgan fingerprint density at radius 2 is 2.00 bits per heavy atom. The molecule has 1 aliphatic rings. The second kappa shape index (κ2) is 13.3. The predicted octanol–water partition coefficient (Wildman–Crippen LogP) is 3.30. The van der Waals surface area contributed by atoms with Crippen LogP contribution in [0.25, 0.3) is 22.1 Å². The van der Waals surface area contributed by atoms with Crippen molar-refractivity contribution in [3.63, 3.8) is 0 Å². The number of hydrogen-bond acceptors (Lipinski definition) is 15. The monoisotopic (exact) mass is 700 g/mol. The summed E-state index contributed by atoms with van der Waals surface area (Å²) in [4.78, 5) is 37.5. The highest BCUT2D eigenvalue weighted by atomic mass is 31.2. The topological polar surface area (TPSA) is 237 Å². The van der Waals surface area contributed by atoms with Gasteiger partial charge in [0.2, 0.25) is 11.8 Å². The number of esters is 1. The molecule has 1 aromatic carbocycles. The number of benzene rings is 1. The SMILES string of the molecule is COC(=O)[C@H](C)NP(=O)(OC[C@H]1O[C@@H](n2cnc3c(OC)nc(N)nc32)[C@](C)(C#N)[C@@H]1O)Oc1ccc2c(ccn2C(=O)OC(C)(C)C)c1. The first kappa shape index (κ1) is 35.5. The summed E-state index contributed by atoms with van der Waals surface area (Å²) in [5.74, 6) is -0.713. The normalized spacial score (nSPS) is 22.7.